The molecule has 98 valence electrons. The van der Waals surface area contributed by atoms with E-state index in [0.29, 0.717) is 12.6 Å². The van der Waals surface area contributed by atoms with Crippen LogP contribution in [-0.2, 0) is 19.1 Å². The van der Waals surface area contributed by atoms with Crippen LogP contribution < -0.4 is 9.47 Å². The number of methoxy groups -OCH3 is 2. The first-order valence-electron chi connectivity index (χ1n) is 5.13. The summed E-state index contributed by atoms with van der Waals surface area (Å²) in [6.07, 6.45) is -1.06. The quantitative estimate of drug-likeness (QED) is 0.504. The van der Waals surface area contributed by atoms with E-state index in [1.807, 2.05) is 0 Å². The van der Waals surface area contributed by atoms with Gasteiger partial charge >= 0.3 is 0 Å². The van der Waals surface area contributed by atoms with E-state index in [2.05, 4.69) is 0 Å². The first kappa shape index (κ1) is 14.1. The van der Waals surface area contributed by atoms with Crippen LogP contribution in [0.15, 0.2) is 24.3 Å². The van der Waals surface area contributed by atoms with Gasteiger partial charge in [0.05, 0.1) is 0 Å². The van der Waals surface area contributed by atoms with Gasteiger partial charge in [-0.1, -0.05) is 12.1 Å². The highest BCUT2D eigenvalue weighted by molar-refractivity contribution is 5.57. The van der Waals surface area contributed by atoms with Gasteiger partial charge in [-0.2, -0.15) is 0 Å². The lowest BCUT2D eigenvalue weighted by molar-refractivity contribution is -0.135. The summed E-state index contributed by atoms with van der Waals surface area (Å²) >= 11 is 0. The van der Waals surface area contributed by atoms with Gasteiger partial charge in [0.25, 0.3) is 12.6 Å². The summed E-state index contributed by atoms with van der Waals surface area (Å²) in [6, 6.07) is 6.57. The Balaban J connectivity index is 2.84. The molecule has 0 N–H and O–H groups in total. The summed E-state index contributed by atoms with van der Waals surface area (Å²) in [4.78, 5) is 21.2. The zero-order valence-electron chi connectivity index (χ0n) is 10.1. The molecule has 0 aliphatic rings. The molecule has 18 heavy (non-hydrogen) atoms. The third-order valence-electron chi connectivity index (χ3n) is 2.02. The van der Waals surface area contributed by atoms with E-state index >= 15 is 0 Å². The van der Waals surface area contributed by atoms with Gasteiger partial charge in [-0.05, 0) is 12.1 Å². The average molecular weight is 254 g/mol. The molecule has 0 radical (unpaired) electrons. The maximum Gasteiger partial charge on any atom is 0.256 e. The van der Waals surface area contributed by atoms with Gasteiger partial charge in [0.1, 0.15) is 0 Å². The number of benzene rings is 1. The molecule has 1 aromatic rings. The first-order valence-corrected chi connectivity index (χ1v) is 5.13. The lowest BCUT2D eigenvalue weighted by Gasteiger charge is -2.17. The van der Waals surface area contributed by atoms with Crippen LogP contribution >= 0.6 is 0 Å². The van der Waals surface area contributed by atoms with E-state index in [9.17, 15) is 9.59 Å². The van der Waals surface area contributed by atoms with Crippen LogP contribution in [0.25, 0.3) is 0 Å². The monoisotopic (exact) mass is 254 g/mol. The lowest BCUT2D eigenvalue weighted by Crippen LogP contribution is -2.23. The molecule has 0 spiro atoms. The molecule has 2 unspecified atom stereocenters. The third kappa shape index (κ3) is 3.83. The van der Waals surface area contributed by atoms with Crippen molar-refractivity contribution in [3.8, 4) is 11.5 Å². The number of ether oxygens (including phenoxy) is 4. The van der Waals surface area contributed by atoms with Gasteiger partial charge < -0.3 is 18.9 Å². The van der Waals surface area contributed by atoms with Crippen LogP contribution in [-0.4, -0.2) is 39.4 Å². The number of para-hydroxylation sites is 2. The summed E-state index contributed by atoms with van der Waals surface area (Å²) in [5.41, 5.74) is 0. The molecule has 6 nitrogen and oxygen atoms in total. The zero-order chi connectivity index (χ0) is 13.4. The van der Waals surface area contributed by atoms with Gasteiger partial charge in [0.2, 0.25) is 0 Å². The van der Waals surface area contributed by atoms with Gasteiger partial charge in [0, 0.05) is 14.2 Å². The van der Waals surface area contributed by atoms with Gasteiger partial charge in [-0.25, -0.2) is 0 Å². The minimum absolute atomic E-state index is 0.278. The summed E-state index contributed by atoms with van der Waals surface area (Å²) in [7, 11) is 2.68. The topological polar surface area (TPSA) is 71.1 Å². The van der Waals surface area contributed by atoms with E-state index in [1.165, 1.54) is 14.2 Å². The standard InChI is InChI=1S/C12H14O6/c1-15-11(7-13)17-9-5-3-4-6-10(9)18-12(8-14)16-2/h3-8,11-12H,1-2H3. The summed E-state index contributed by atoms with van der Waals surface area (Å²) in [6.45, 7) is 0. The Labute approximate surface area is 104 Å². The molecule has 6 heteroatoms. The lowest BCUT2D eigenvalue weighted by atomic mass is 10.3. The van der Waals surface area contributed by atoms with Gasteiger partial charge in [0.15, 0.2) is 24.1 Å². The molecule has 0 saturated heterocycles. The first-order chi connectivity index (χ1) is 8.74. The summed E-state index contributed by atoms with van der Waals surface area (Å²) in [5.74, 6) is 0.556. The highest BCUT2D eigenvalue weighted by Gasteiger charge is 2.14. The Hall–Kier alpha value is -1.92. The van der Waals surface area contributed by atoms with Crippen LogP contribution in [0.5, 0.6) is 11.5 Å². The Bertz CT molecular complexity index is 355. The van der Waals surface area contributed by atoms with Gasteiger partial charge in [-0.15, -0.1) is 0 Å². The number of hydrogen-bond acceptors (Lipinski definition) is 6. The van der Waals surface area contributed by atoms with Crippen LogP contribution in [0.3, 0.4) is 0 Å². The molecule has 0 amide bonds. The van der Waals surface area contributed by atoms with Gasteiger partial charge in [-0.3, -0.25) is 9.59 Å². The fourth-order valence-electron chi connectivity index (χ4n) is 1.16. The molecule has 0 bridgehead atoms. The normalized spacial score (nSPS) is 13.4. The van der Waals surface area contributed by atoms with Crippen molar-refractivity contribution in [1.82, 2.24) is 0 Å². The highest BCUT2D eigenvalue weighted by Crippen LogP contribution is 2.28. The predicted octanol–water partition coefficient (Wildman–Crippen LogP) is 0.787. The predicted molar refractivity (Wildman–Crippen MR) is 61.4 cm³/mol. The minimum atomic E-state index is -1.04. The summed E-state index contributed by atoms with van der Waals surface area (Å²) < 4.78 is 20.0. The molecular weight excluding hydrogens is 240 g/mol. The largest absolute Gasteiger partial charge is 0.454 e. The van der Waals surface area contributed by atoms with Crippen molar-refractivity contribution in [3.05, 3.63) is 24.3 Å². The van der Waals surface area contributed by atoms with Crippen molar-refractivity contribution in [2.75, 3.05) is 14.2 Å². The minimum Gasteiger partial charge on any atom is -0.454 e. The second kappa shape index (κ2) is 7.41. The van der Waals surface area contributed by atoms with Crippen molar-refractivity contribution in [3.63, 3.8) is 0 Å². The number of hydrogen-bond donors (Lipinski definition) is 0. The number of rotatable bonds is 8. The Morgan fingerprint density at radius 1 is 0.889 bits per heavy atom. The van der Waals surface area contributed by atoms with Crippen LogP contribution in [0, 0.1) is 0 Å². The van der Waals surface area contributed by atoms with Crippen LogP contribution in [0.2, 0.25) is 0 Å². The number of carbonyl (C=O) groups excluding carboxylic acids is 2. The Morgan fingerprint density at radius 3 is 1.56 bits per heavy atom. The van der Waals surface area contributed by atoms with Crippen LogP contribution in [0.4, 0.5) is 0 Å². The van der Waals surface area contributed by atoms with E-state index < -0.39 is 12.6 Å². The molecule has 0 saturated carbocycles. The fraction of sp³-hybridized carbons (Fsp3) is 0.333. The number of aldehydes is 2. The fourth-order valence-corrected chi connectivity index (χ4v) is 1.16. The summed E-state index contributed by atoms with van der Waals surface area (Å²) in [5, 5.41) is 0. The maximum atomic E-state index is 10.6. The molecule has 0 aliphatic heterocycles. The Kier molecular flexibility index (Phi) is 5.83. The van der Waals surface area contributed by atoms with E-state index in [1.54, 1.807) is 24.3 Å². The molecule has 0 fully saturated rings. The van der Waals surface area contributed by atoms with Crippen molar-refractivity contribution in [2.24, 2.45) is 0 Å². The second-order valence-electron chi connectivity index (χ2n) is 3.16. The van der Waals surface area contributed by atoms with Crippen molar-refractivity contribution in [1.29, 1.82) is 0 Å². The van der Waals surface area contributed by atoms with E-state index in [0.717, 1.165) is 0 Å². The van der Waals surface area contributed by atoms with Crippen molar-refractivity contribution >= 4 is 12.6 Å². The molecular formula is C12H14O6. The van der Waals surface area contributed by atoms with E-state index in [4.69, 9.17) is 18.9 Å². The molecule has 0 aliphatic carbocycles. The van der Waals surface area contributed by atoms with Crippen LogP contribution in [0.1, 0.15) is 0 Å². The molecule has 0 heterocycles. The van der Waals surface area contributed by atoms with E-state index in [-0.39, 0.29) is 11.5 Å². The molecule has 1 rings (SSSR count). The highest BCUT2D eigenvalue weighted by atomic mass is 16.7. The third-order valence-corrected chi connectivity index (χ3v) is 2.02. The number of carbonyl (C=O) groups is 2. The van der Waals surface area contributed by atoms with Crippen molar-refractivity contribution < 1.29 is 28.5 Å². The molecule has 1 aromatic carbocycles. The molecule has 0 aromatic heterocycles. The average Bonchev–Trinajstić information content (AvgIpc) is 2.43. The van der Waals surface area contributed by atoms with Crippen molar-refractivity contribution in [2.45, 2.75) is 12.6 Å². The second-order valence-corrected chi connectivity index (χ2v) is 3.16. The SMILES string of the molecule is COC(C=O)Oc1ccccc1OC(C=O)OC. The Morgan fingerprint density at radius 2 is 1.28 bits per heavy atom. The molecule has 2 atom stereocenters. The zero-order valence-corrected chi connectivity index (χ0v) is 10.1. The smallest absolute Gasteiger partial charge is 0.256 e. The maximum absolute atomic E-state index is 10.6.